The van der Waals surface area contributed by atoms with E-state index in [1.807, 2.05) is 57.2 Å². The molecule has 2 aromatic carbocycles. The van der Waals surface area contributed by atoms with Gasteiger partial charge in [-0.1, -0.05) is 42.1 Å². The Kier molecular flexibility index (Phi) is 5.54. The van der Waals surface area contributed by atoms with Gasteiger partial charge >= 0.3 is 0 Å². The van der Waals surface area contributed by atoms with Crippen LogP contribution < -0.4 is 10.2 Å². The van der Waals surface area contributed by atoms with Crippen LogP contribution in [0.2, 0.25) is 0 Å². The minimum Gasteiger partial charge on any atom is -0.324 e. The summed E-state index contributed by atoms with van der Waals surface area (Å²) in [4.78, 5) is 27.0. The predicted molar refractivity (Wildman–Crippen MR) is 116 cm³/mol. The van der Waals surface area contributed by atoms with E-state index in [-0.39, 0.29) is 30.0 Å². The Balaban J connectivity index is 1.58. The number of nitrogens with one attached hydrogen (secondary N) is 1. The molecule has 0 fully saturated rings. The van der Waals surface area contributed by atoms with Crippen LogP contribution in [0.25, 0.3) is 5.69 Å². The molecule has 0 bridgehead atoms. The summed E-state index contributed by atoms with van der Waals surface area (Å²) in [6.07, 6.45) is 0.241. The number of fused-ring (bicyclic) bond motifs is 1. The summed E-state index contributed by atoms with van der Waals surface area (Å²) in [5.74, 6) is -0.0533. The standard InChI is InChI=1S/C21H22N6O2S/c1-13-7-6-8-14(2)20(13)27-21(23-24-25-27)30-12-19(29)26-15(3)11-18(28)22-16-9-4-5-10-17(16)26/h4-10,15H,11-12H2,1-3H3,(H,22,28)/t15-/m0/s1. The summed E-state index contributed by atoms with van der Waals surface area (Å²) in [6, 6.07) is 13.1. The summed E-state index contributed by atoms with van der Waals surface area (Å²) in [6.45, 7) is 5.89. The van der Waals surface area contributed by atoms with Gasteiger partial charge in [0.1, 0.15) is 0 Å². The summed E-state index contributed by atoms with van der Waals surface area (Å²) in [7, 11) is 0. The Morgan fingerprint density at radius 3 is 2.67 bits per heavy atom. The zero-order chi connectivity index (χ0) is 21.3. The molecule has 0 aliphatic carbocycles. The van der Waals surface area contributed by atoms with Crippen molar-refractivity contribution in [3.8, 4) is 5.69 Å². The zero-order valence-corrected chi connectivity index (χ0v) is 17.8. The Morgan fingerprint density at radius 1 is 1.17 bits per heavy atom. The normalized spacial score (nSPS) is 16.0. The second kappa shape index (κ2) is 8.27. The number of carbonyl (C=O) groups excluding carboxylic acids is 2. The Bertz CT molecular complexity index is 1090. The Labute approximate surface area is 178 Å². The number of amides is 2. The van der Waals surface area contributed by atoms with Crippen molar-refractivity contribution in [1.82, 2.24) is 20.2 Å². The molecule has 154 valence electrons. The van der Waals surface area contributed by atoms with Crippen molar-refractivity contribution < 1.29 is 9.59 Å². The zero-order valence-electron chi connectivity index (χ0n) is 17.0. The van der Waals surface area contributed by atoms with Crippen LogP contribution in [0.4, 0.5) is 11.4 Å². The van der Waals surface area contributed by atoms with Gasteiger partial charge < -0.3 is 10.2 Å². The summed E-state index contributed by atoms with van der Waals surface area (Å²) < 4.78 is 1.67. The van der Waals surface area contributed by atoms with Crippen LogP contribution in [0.1, 0.15) is 24.5 Å². The molecule has 1 N–H and O–H groups in total. The molecule has 8 nitrogen and oxygen atoms in total. The molecule has 30 heavy (non-hydrogen) atoms. The molecule has 2 heterocycles. The average molecular weight is 423 g/mol. The monoisotopic (exact) mass is 422 g/mol. The molecule has 0 radical (unpaired) electrons. The first-order valence-corrected chi connectivity index (χ1v) is 10.6. The van der Waals surface area contributed by atoms with Crippen LogP contribution in [0.5, 0.6) is 0 Å². The summed E-state index contributed by atoms with van der Waals surface area (Å²) in [5, 5.41) is 15.5. The van der Waals surface area contributed by atoms with Crippen molar-refractivity contribution in [3.05, 3.63) is 53.6 Å². The fourth-order valence-corrected chi connectivity index (χ4v) is 4.45. The van der Waals surface area contributed by atoms with Gasteiger partial charge in [0.2, 0.25) is 17.0 Å². The molecule has 0 saturated heterocycles. The van der Waals surface area contributed by atoms with E-state index in [2.05, 4.69) is 20.8 Å². The largest absolute Gasteiger partial charge is 0.324 e. The number of rotatable bonds is 4. The highest BCUT2D eigenvalue weighted by Gasteiger charge is 2.29. The maximum atomic E-state index is 13.2. The number of benzene rings is 2. The van der Waals surface area contributed by atoms with Gasteiger partial charge in [0.05, 0.1) is 22.8 Å². The number of hydrogen-bond acceptors (Lipinski definition) is 6. The maximum absolute atomic E-state index is 13.2. The number of para-hydroxylation sites is 3. The van der Waals surface area contributed by atoms with E-state index in [4.69, 9.17) is 0 Å². The topological polar surface area (TPSA) is 93.0 Å². The number of anilines is 2. The van der Waals surface area contributed by atoms with Gasteiger partial charge in [0.25, 0.3) is 0 Å². The highest BCUT2D eigenvalue weighted by Crippen LogP contribution is 2.32. The molecular formula is C21H22N6O2S. The third-order valence-corrected chi connectivity index (χ3v) is 5.95. The van der Waals surface area contributed by atoms with Gasteiger partial charge in [-0.15, -0.1) is 5.10 Å². The molecule has 1 aliphatic rings. The first-order valence-electron chi connectivity index (χ1n) is 9.64. The van der Waals surface area contributed by atoms with Crippen molar-refractivity contribution in [2.45, 2.75) is 38.4 Å². The Morgan fingerprint density at radius 2 is 1.90 bits per heavy atom. The number of carbonyl (C=O) groups is 2. The molecule has 1 aromatic heterocycles. The molecule has 4 rings (SSSR count). The van der Waals surface area contributed by atoms with Crippen LogP contribution >= 0.6 is 11.8 Å². The second-order valence-electron chi connectivity index (χ2n) is 7.28. The van der Waals surface area contributed by atoms with Crippen LogP contribution in [0.3, 0.4) is 0 Å². The van der Waals surface area contributed by atoms with Gasteiger partial charge in [-0.2, -0.15) is 4.68 Å². The number of aryl methyl sites for hydroxylation is 2. The lowest BCUT2D eigenvalue weighted by molar-refractivity contribution is -0.117. The van der Waals surface area contributed by atoms with Crippen LogP contribution in [0.15, 0.2) is 47.6 Å². The molecule has 1 aliphatic heterocycles. The van der Waals surface area contributed by atoms with Crippen molar-refractivity contribution in [1.29, 1.82) is 0 Å². The highest BCUT2D eigenvalue weighted by atomic mass is 32.2. The minimum atomic E-state index is -0.253. The molecular weight excluding hydrogens is 400 g/mol. The van der Waals surface area contributed by atoms with E-state index in [0.29, 0.717) is 16.5 Å². The number of hydrogen-bond donors (Lipinski definition) is 1. The molecule has 2 amide bonds. The van der Waals surface area contributed by atoms with E-state index in [1.54, 1.807) is 15.6 Å². The van der Waals surface area contributed by atoms with E-state index in [0.717, 1.165) is 16.8 Å². The molecule has 1 atom stereocenters. The van der Waals surface area contributed by atoms with Crippen molar-refractivity contribution in [3.63, 3.8) is 0 Å². The van der Waals surface area contributed by atoms with Gasteiger partial charge in [0.15, 0.2) is 0 Å². The fourth-order valence-electron chi connectivity index (χ4n) is 3.71. The molecule has 0 spiro atoms. The van der Waals surface area contributed by atoms with Gasteiger partial charge in [0, 0.05) is 12.5 Å². The first-order chi connectivity index (χ1) is 14.5. The molecule has 0 unspecified atom stereocenters. The van der Waals surface area contributed by atoms with E-state index < -0.39 is 0 Å². The third kappa shape index (κ3) is 3.80. The fraction of sp³-hybridized carbons (Fsp3) is 0.286. The molecule has 9 heteroatoms. The quantitative estimate of drug-likeness (QED) is 0.650. The van der Waals surface area contributed by atoms with E-state index >= 15 is 0 Å². The lowest BCUT2D eigenvalue weighted by Gasteiger charge is -2.27. The Hall–Kier alpha value is -3.20. The van der Waals surface area contributed by atoms with Crippen molar-refractivity contribution in [2.24, 2.45) is 0 Å². The van der Waals surface area contributed by atoms with Gasteiger partial charge in [-0.3, -0.25) is 9.59 Å². The second-order valence-corrected chi connectivity index (χ2v) is 8.23. The minimum absolute atomic E-state index is 0.100. The van der Waals surface area contributed by atoms with Crippen LogP contribution in [-0.2, 0) is 9.59 Å². The lowest BCUT2D eigenvalue weighted by Crippen LogP contribution is -2.40. The molecule has 0 saturated carbocycles. The number of nitrogens with zero attached hydrogens (tertiary/aromatic N) is 5. The lowest BCUT2D eigenvalue weighted by atomic mass is 10.1. The summed E-state index contributed by atoms with van der Waals surface area (Å²) >= 11 is 1.28. The number of tetrazole rings is 1. The van der Waals surface area contributed by atoms with Crippen molar-refractivity contribution >= 4 is 35.0 Å². The maximum Gasteiger partial charge on any atom is 0.237 e. The number of aromatic nitrogens is 4. The SMILES string of the molecule is Cc1cccc(C)c1-n1nnnc1SCC(=O)N1c2ccccc2NC(=O)C[C@@H]1C. The van der Waals surface area contributed by atoms with Gasteiger partial charge in [-0.25, -0.2) is 0 Å². The summed E-state index contributed by atoms with van der Waals surface area (Å²) in [5.41, 5.74) is 4.37. The van der Waals surface area contributed by atoms with E-state index in [1.165, 1.54) is 11.8 Å². The smallest absolute Gasteiger partial charge is 0.237 e. The van der Waals surface area contributed by atoms with Crippen LogP contribution in [-0.4, -0.2) is 43.8 Å². The van der Waals surface area contributed by atoms with Crippen molar-refractivity contribution in [2.75, 3.05) is 16.0 Å². The van der Waals surface area contributed by atoms with Gasteiger partial charge in [-0.05, 0) is 54.5 Å². The first kappa shape index (κ1) is 20.1. The molecule has 3 aromatic rings. The van der Waals surface area contributed by atoms with E-state index in [9.17, 15) is 9.59 Å². The predicted octanol–water partition coefficient (Wildman–Crippen LogP) is 3.14. The number of thioether (sulfide) groups is 1. The van der Waals surface area contributed by atoms with Crippen LogP contribution in [0, 0.1) is 13.8 Å². The highest BCUT2D eigenvalue weighted by molar-refractivity contribution is 7.99. The third-order valence-electron chi connectivity index (χ3n) is 5.04. The average Bonchev–Trinajstić information content (AvgIpc) is 3.10.